The van der Waals surface area contributed by atoms with Crippen molar-refractivity contribution < 1.29 is 4.79 Å². The summed E-state index contributed by atoms with van der Waals surface area (Å²) in [5.74, 6) is 0.763. The van der Waals surface area contributed by atoms with Gasteiger partial charge >= 0.3 is 0 Å². The summed E-state index contributed by atoms with van der Waals surface area (Å²) < 4.78 is 0. The van der Waals surface area contributed by atoms with Crippen molar-refractivity contribution in [1.29, 1.82) is 0 Å². The van der Waals surface area contributed by atoms with Crippen molar-refractivity contribution in [3.05, 3.63) is 24.0 Å². The maximum Gasteiger partial charge on any atom is 0.257 e. The number of piperidine rings is 1. The predicted molar refractivity (Wildman–Crippen MR) is 83.0 cm³/mol. The molecule has 3 rings (SSSR count). The highest BCUT2D eigenvalue weighted by Gasteiger charge is 2.26. The summed E-state index contributed by atoms with van der Waals surface area (Å²) in [4.78, 5) is 21.0. The Kier molecular flexibility index (Phi) is 4.39. The molecule has 21 heavy (non-hydrogen) atoms. The lowest BCUT2D eigenvalue weighted by Crippen LogP contribution is -2.41. The van der Waals surface area contributed by atoms with Gasteiger partial charge in [-0.3, -0.25) is 9.78 Å². The Hall–Kier alpha value is -1.62. The molecule has 1 amide bonds. The van der Waals surface area contributed by atoms with Gasteiger partial charge in [0, 0.05) is 37.7 Å². The third kappa shape index (κ3) is 3.35. The molecule has 114 valence electrons. The molecule has 3 heterocycles. The second kappa shape index (κ2) is 6.43. The fraction of sp³-hybridized carbons (Fsp3) is 0.625. The number of nitrogens with two attached hydrogens (primary N) is 1. The number of aromatic nitrogens is 1. The molecular formula is C16H24N4O. The number of anilines is 1. The van der Waals surface area contributed by atoms with Crippen LogP contribution in [0.5, 0.6) is 0 Å². The van der Waals surface area contributed by atoms with E-state index in [2.05, 4.69) is 9.88 Å². The normalized spacial score (nSPS) is 20.9. The number of hydrogen-bond acceptors (Lipinski definition) is 4. The zero-order valence-electron chi connectivity index (χ0n) is 12.5. The summed E-state index contributed by atoms with van der Waals surface area (Å²) in [6.07, 6.45) is 8.09. The Bertz CT molecular complexity index is 491. The van der Waals surface area contributed by atoms with Crippen LogP contribution in [0.15, 0.2) is 18.5 Å². The Balaban J connectivity index is 1.53. The van der Waals surface area contributed by atoms with Gasteiger partial charge in [0.25, 0.3) is 5.91 Å². The summed E-state index contributed by atoms with van der Waals surface area (Å²) in [6.45, 7) is 5.39. The van der Waals surface area contributed by atoms with Crippen LogP contribution in [0.3, 0.4) is 0 Å². The zero-order valence-corrected chi connectivity index (χ0v) is 12.5. The number of carbonyl (C=O) groups excluding carboxylic acids is 1. The van der Waals surface area contributed by atoms with Crippen LogP contribution in [0.4, 0.5) is 5.69 Å². The Morgan fingerprint density at radius 1 is 1.24 bits per heavy atom. The maximum atomic E-state index is 12.5. The van der Waals surface area contributed by atoms with E-state index >= 15 is 0 Å². The van der Waals surface area contributed by atoms with Crippen LogP contribution < -0.4 is 5.73 Å². The van der Waals surface area contributed by atoms with Gasteiger partial charge in [0.15, 0.2) is 0 Å². The van der Waals surface area contributed by atoms with Gasteiger partial charge in [-0.2, -0.15) is 0 Å². The standard InChI is InChI=1S/C16H24N4O/c17-15-3-6-18-11-14(15)16(21)20-9-4-13(5-10-20)12-19-7-1-2-8-19/h3,6,11,13H,1-2,4-5,7-10,12H2,(H2,17,18). The fourth-order valence-corrected chi connectivity index (χ4v) is 3.40. The van der Waals surface area contributed by atoms with Crippen molar-refractivity contribution in [3.63, 3.8) is 0 Å². The van der Waals surface area contributed by atoms with E-state index in [4.69, 9.17) is 5.73 Å². The number of rotatable bonds is 3. The molecule has 0 spiro atoms. The van der Waals surface area contributed by atoms with Crippen molar-refractivity contribution in [2.75, 3.05) is 38.5 Å². The topological polar surface area (TPSA) is 62.5 Å². The van der Waals surface area contributed by atoms with Gasteiger partial charge in [0.1, 0.15) is 0 Å². The zero-order chi connectivity index (χ0) is 14.7. The van der Waals surface area contributed by atoms with E-state index in [0.717, 1.165) is 31.8 Å². The number of nitrogens with zero attached hydrogens (tertiary/aromatic N) is 3. The minimum atomic E-state index is 0.0280. The highest BCUT2D eigenvalue weighted by Crippen LogP contribution is 2.22. The van der Waals surface area contributed by atoms with Crippen LogP contribution in [-0.2, 0) is 0 Å². The van der Waals surface area contributed by atoms with Gasteiger partial charge in [-0.05, 0) is 50.8 Å². The van der Waals surface area contributed by atoms with Crippen molar-refractivity contribution in [3.8, 4) is 0 Å². The van der Waals surface area contributed by atoms with Gasteiger partial charge < -0.3 is 15.5 Å². The number of nitrogen functional groups attached to an aromatic ring is 1. The quantitative estimate of drug-likeness (QED) is 0.918. The van der Waals surface area contributed by atoms with Crippen LogP contribution in [0.1, 0.15) is 36.0 Å². The lowest BCUT2D eigenvalue weighted by Gasteiger charge is -2.34. The smallest absolute Gasteiger partial charge is 0.257 e. The van der Waals surface area contributed by atoms with E-state index < -0.39 is 0 Å². The largest absolute Gasteiger partial charge is 0.398 e. The lowest BCUT2D eigenvalue weighted by molar-refractivity contribution is 0.0673. The van der Waals surface area contributed by atoms with Crippen molar-refractivity contribution in [2.24, 2.45) is 5.92 Å². The summed E-state index contributed by atoms with van der Waals surface area (Å²) in [7, 11) is 0. The van der Waals surface area contributed by atoms with Crippen LogP contribution >= 0.6 is 0 Å². The average Bonchev–Trinajstić information content (AvgIpc) is 3.01. The average molecular weight is 288 g/mol. The van der Waals surface area contributed by atoms with Crippen molar-refractivity contribution in [1.82, 2.24) is 14.8 Å². The Morgan fingerprint density at radius 2 is 1.95 bits per heavy atom. The molecule has 2 saturated heterocycles. The maximum absolute atomic E-state index is 12.5. The first-order valence-electron chi connectivity index (χ1n) is 7.95. The number of carbonyl (C=O) groups is 1. The molecule has 2 N–H and O–H groups in total. The molecule has 1 aromatic rings. The van der Waals surface area contributed by atoms with Crippen LogP contribution in [0.2, 0.25) is 0 Å². The number of likely N-dealkylation sites (tertiary alicyclic amines) is 2. The molecule has 0 unspecified atom stereocenters. The van der Waals surface area contributed by atoms with Crippen molar-refractivity contribution in [2.45, 2.75) is 25.7 Å². The SMILES string of the molecule is Nc1ccncc1C(=O)N1CCC(CN2CCCC2)CC1. The van der Waals surface area contributed by atoms with Crippen LogP contribution in [0.25, 0.3) is 0 Å². The highest BCUT2D eigenvalue weighted by molar-refractivity contribution is 5.98. The first-order chi connectivity index (χ1) is 10.2. The summed E-state index contributed by atoms with van der Waals surface area (Å²) >= 11 is 0. The molecule has 0 saturated carbocycles. The molecule has 5 nitrogen and oxygen atoms in total. The monoisotopic (exact) mass is 288 g/mol. The summed E-state index contributed by atoms with van der Waals surface area (Å²) in [6, 6.07) is 1.69. The minimum Gasteiger partial charge on any atom is -0.398 e. The van der Waals surface area contributed by atoms with Crippen LogP contribution in [0, 0.1) is 5.92 Å². The number of amides is 1. The predicted octanol–water partition coefficient (Wildman–Crippen LogP) is 1.61. The van der Waals surface area contributed by atoms with Gasteiger partial charge in [0.2, 0.25) is 0 Å². The van der Waals surface area contributed by atoms with Gasteiger partial charge in [0.05, 0.1) is 5.56 Å². The number of hydrogen-bond donors (Lipinski definition) is 1. The molecule has 0 aromatic carbocycles. The summed E-state index contributed by atoms with van der Waals surface area (Å²) in [5.41, 5.74) is 6.93. The second-order valence-corrected chi connectivity index (χ2v) is 6.21. The third-order valence-corrected chi connectivity index (χ3v) is 4.70. The first-order valence-corrected chi connectivity index (χ1v) is 7.95. The molecule has 1 aromatic heterocycles. The van der Waals surface area contributed by atoms with E-state index in [1.807, 2.05) is 4.90 Å². The molecular weight excluding hydrogens is 264 g/mol. The molecule has 0 bridgehead atoms. The molecule has 5 heteroatoms. The Labute approximate surface area is 126 Å². The Morgan fingerprint density at radius 3 is 2.62 bits per heavy atom. The third-order valence-electron chi connectivity index (χ3n) is 4.70. The van der Waals surface area contributed by atoms with E-state index in [9.17, 15) is 4.79 Å². The molecule has 2 fully saturated rings. The highest BCUT2D eigenvalue weighted by atomic mass is 16.2. The molecule has 2 aliphatic heterocycles. The van der Waals surface area contributed by atoms with Gasteiger partial charge in [-0.15, -0.1) is 0 Å². The van der Waals surface area contributed by atoms with E-state index in [-0.39, 0.29) is 5.91 Å². The lowest BCUT2D eigenvalue weighted by atomic mass is 9.95. The first kappa shape index (κ1) is 14.3. The second-order valence-electron chi connectivity index (χ2n) is 6.21. The van der Waals surface area contributed by atoms with Crippen molar-refractivity contribution >= 4 is 11.6 Å². The van der Waals surface area contributed by atoms with E-state index in [1.54, 1.807) is 18.5 Å². The fourth-order valence-electron chi connectivity index (χ4n) is 3.40. The molecule has 2 aliphatic rings. The molecule has 0 aliphatic carbocycles. The minimum absolute atomic E-state index is 0.0280. The van der Waals surface area contributed by atoms with Crippen LogP contribution in [-0.4, -0.2) is 53.4 Å². The van der Waals surface area contributed by atoms with E-state index in [1.165, 1.54) is 32.5 Å². The molecule has 0 atom stereocenters. The van der Waals surface area contributed by atoms with Gasteiger partial charge in [-0.25, -0.2) is 0 Å². The number of pyridine rings is 1. The van der Waals surface area contributed by atoms with Gasteiger partial charge in [-0.1, -0.05) is 0 Å². The molecule has 0 radical (unpaired) electrons. The van der Waals surface area contributed by atoms with E-state index in [0.29, 0.717) is 11.3 Å². The summed E-state index contributed by atoms with van der Waals surface area (Å²) in [5, 5.41) is 0.